The third kappa shape index (κ3) is 4.34. The Morgan fingerprint density at radius 3 is 2.19 bits per heavy atom. The maximum absolute atomic E-state index is 12.9. The van der Waals surface area contributed by atoms with Crippen LogP contribution in [0.5, 0.6) is 0 Å². The molecule has 0 N–H and O–H groups in total. The molecule has 0 unspecified atom stereocenters. The minimum Gasteiger partial charge on any atom is -0.301 e. The van der Waals surface area contributed by atoms with E-state index in [2.05, 4.69) is 18.7 Å². The average molecular weight is 234 g/mol. The van der Waals surface area contributed by atoms with E-state index in [4.69, 9.17) is 0 Å². The van der Waals surface area contributed by atoms with Crippen molar-refractivity contribution in [1.82, 2.24) is 9.80 Å². The summed E-state index contributed by atoms with van der Waals surface area (Å²) in [6.45, 7) is 7.30. The van der Waals surface area contributed by atoms with Gasteiger partial charge in [0.1, 0.15) is 0 Å². The second-order valence-corrected chi connectivity index (χ2v) is 5.35. The van der Waals surface area contributed by atoms with Gasteiger partial charge in [0.2, 0.25) is 0 Å². The van der Waals surface area contributed by atoms with Crippen molar-refractivity contribution >= 4 is 0 Å². The van der Waals surface area contributed by atoms with Crippen molar-refractivity contribution in [2.45, 2.75) is 51.6 Å². The van der Waals surface area contributed by atoms with Gasteiger partial charge in [-0.05, 0) is 46.8 Å². The molecule has 1 saturated heterocycles. The van der Waals surface area contributed by atoms with E-state index in [0.717, 1.165) is 32.9 Å². The summed E-state index contributed by atoms with van der Waals surface area (Å²) in [7, 11) is 1.81. The van der Waals surface area contributed by atoms with Gasteiger partial charge in [0.15, 0.2) is 0 Å². The molecule has 1 aliphatic rings. The highest BCUT2D eigenvalue weighted by Crippen LogP contribution is 2.20. The molecular weight excluding hydrogens is 210 g/mol. The molecule has 0 aromatic heterocycles. The zero-order valence-electron chi connectivity index (χ0n) is 10.8. The van der Waals surface area contributed by atoms with Crippen LogP contribution in [0, 0.1) is 0 Å². The van der Waals surface area contributed by atoms with Gasteiger partial charge in [-0.15, -0.1) is 0 Å². The molecule has 0 aromatic rings. The van der Waals surface area contributed by atoms with Crippen LogP contribution < -0.4 is 0 Å². The summed E-state index contributed by atoms with van der Waals surface area (Å²) >= 11 is 0. The Morgan fingerprint density at radius 2 is 1.81 bits per heavy atom. The Hall–Kier alpha value is -0.220. The SMILES string of the molecule is CC(C)N1CCC(N(C)CC(C)(F)F)CC1. The normalized spacial score (nSPS) is 21.0. The largest absolute Gasteiger partial charge is 0.301 e. The summed E-state index contributed by atoms with van der Waals surface area (Å²) in [6, 6.07) is 0.889. The van der Waals surface area contributed by atoms with Crippen molar-refractivity contribution < 1.29 is 8.78 Å². The first kappa shape index (κ1) is 13.8. The first-order chi connectivity index (χ1) is 7.29. The molecule has 1 aliphatic heterocycles. The third-order valence-electron chi connectivity index (χ3n) is 3.38. The zero-order chi connectivity index (χ0) is 12.3. The van der Waals surface area contributed by atoms with Crippen LogP contribution in [0.2, 0.25) is 0 Å². The van der Waals surface area contributed by atoms with Gasteiger partial charge in [-0.25, -0.2) is 8.78 Å². The Morgan fingerprint density at radius 1 is 1.31 bits per heavy atom. The van der Waals surface area contributed by atoms with Gasteiger partial charge in [-0.2, -0.15) is 0 Å². The fourth-order valence-corrected chi connectivity index (χ4v) is 2.41. The molecule has 0 saturated carbocycles. The molecular formula is C12H24F2N2. The number of halogens is 2. The van der Waals surface area contributed by atoms with Crippen LogP contribution in [0.3, 0.4) is 0 Å². The van der Waals surface area contributed by atoms with E-state index in [-0.39, 0.29) is 6.54 Å². The quantitative estimate of drug-likeness (QED) is 0.737. The molecule has 1 fully saturated rings. The molecule has 0 amide bonds. The van der Waals surface area contributed by atoms with Crippen molar-refractivity contribution in [2.75, 3.05) is 26.7 Å². The summed E-state index contributed by atoms with van der Waals surface area (Å²) in [4.78, 5) is 4.23. The fraction of sp³-hybridized carbons (Fsp3) is 1.00. The van der Waals surface area contributed by atoms with Crippen LogP contribution >= 0.6 is 0 Å². The highest BCUT2D eigenvalue weighted by atomic mass is 19.3. The number of likely N-dealkylation sites (tertiary alicyclic amines) is 1. The summed E-state index contributed by atoms with van der Waals surface area (Å²) in [5.41, 5.74) is 0. The smallest absolute Gasteiger partial charge is 0.257 e. The van der Waals surface area contributed by atoms with Gasteiger partial charge in [0.05, 0.1) is 6.54 Å². The summed E-state index contributed by atoms with van der Waals surface area (Å²) < 4.78 is 25.8. The molecule has 0 aromatic carbocycles. The topological polar surface area (TPSA) is 6.48 Å². The van der Waals surface area contributed by atoms with Gasteiger partial charge in [-0.3, -0.25) is 4.90 Å². The molecule has 0 aliphatic carbocycles. The Bertz CT molecular complexity index is 206. The van der Waals surface area contributed by atoms with Crippen LogP contribution in [0.25, 0.3) is 0 Å². The van der Waals surface area contributed by atoms with E-state index in [1.807, 2.05) is 11.9 Å². The van der Waals surface area contributed by atoms with E-state index in [1.54, 1.807) is 0 Å². The van der Waals surface area contributed by atoms with Gasteiger partial charge in [0, 0.05) is 19.0 Å². The Kier molecular flexibility index (Phi) is 4.68. The van der Waals surface area contributed by atoms with E-state index in [9.17, 15) is 8.78 Å². The minimum atomic E-state index is -2.58. The molecule has 96 valence electrons. The molecule has 0 atom stereocenters. The molecule has 0 spiro atoms. The van der Waals surface area contributed by atoms with E-state index >= 15 is 0 Å². The van der Waals surface area contributed by atoms with Crippen LogP contribution in [-0.2, 0) is 0 Å². The summed E-state index contributed by atoms with van der Waals surface area (Å²) in [5.74, 6) is -2.58. The van der Waals surface area contributed by atoms with E-state index in [0.29, 0.717) is 12.1 Å². The number of hydrogen-bond acceptors (Lipinski definition) is 2. The van der Waals surface area contributed by atoms with E-state index < -0.39 is 5.92 Å². The number of nitrogens with zero attached hydrogens (tertiary/aromatic N) is 2. The molecule has 1 heterocycles. The van der Waals surface area contributed by atoms with Gasteiger partial charge < -0.3 is 4.90 Å². The van der Waals surface area contributed by atoms with Gasteiger partial charge >= 0.3 is 0 Å². The Balaban J connectivity index is 2.36. The van der Waals surface area contributed by atoms with Crippen LogP contribution in [0.15, 0.2) is 0 Å². The van der Waals surface area contributed by atoms with Crippen molar-refractivity contribution in [3.8, 4) is 0 Å². The molecule has 16 heavy (non-hydrogen) atoms. The number of hydrogen-bond donors (Lipinski definition) is 0. The Labute approximate surface area is 97.6 Å². The standard InChI is InChI=1S/C12H24F2N2/c1-10(2)16-7-5-11(6-8-16)15(4)9-12(3,13)14/h10-11H,5-9H2,1-4H3. The molecule has 0 bridgehead atoms. The molecule has 0 radical (unpaired) electrons. The van der Waals surface area contributed by atoms with Crippen molar-refractivity contribution in [1.29, 1.82) is 0 Å². The first-order valence-electron chi connectivity index (χ1n) is 6.12. The van der Waals surface area contributed by atoms with Crippen LogP contribution in [0.1, 0.15) is 33.6 Å². The highest BCUT2D eigenvalue weighted by molar-refractivity contribution is 4.81. The summed E-state index contributed by atoms with van der Waals surface area (Å²) in [5, 5.41) is 0. The average Bonchev–Trinajstić information content (AvgIpc) is 2.15. The van der Waals surface area contributed by atoms with Crippen molar-refractivity contribution in [2.24, 2.45) is 0 Å². The fourth-order valence-electron chi connectivity index (χ4n) is 2.41. The van der Waals surface area contributed by atoms with Gasteiger partial charge in [-0.1, -0.05) is 0 Å². The maximum atomic E-state index is 12.9. The first-order valence-corrected chi connectivity index (χ1v) is 6.12. The predicted molar refractivity (Wildman–Crippen MR) is 63.0 cm³/mol. The van der Waals surface area contributed by atoms with Crippen molar-refractivity contribution in [3.05, 3.63) is 0 Å². The second-order valence-electron chi connectivity index (χ2n) is 5.35. The minimum absolute atomic E-state index is 0.126. The second kappa shape index (κ2) is 5.41. The molecule has 2 nitrogen and oxygen atoms in total. The summed E-state index contributed by atoms with van der Waals surface area (Å²) in [6.07, 6.45) is 2.01. The lowest BCUT2D eigenvalue weighted by atomic mass is 10.0. The maximum Gasteiger partial charge on any atom is 0.257 e. The van der Waals surface area contributed by atoms with Crippen LogP contribution in [0.4, 0.5) is 8.78 Å². The third-order valence-corrected chi connectivity index (χ3v) is 3.38. The molecule has 1 rings (SSSR count). The zero-order valence-corrected chi connectivity index (χ0v) is 10.8. The lowest BCUT2D eigenvalue weighted by molar-refractivity contribution is -0.0262. The number of alkyl halides is 2. The van der Waals surface area contributed by atoms with E-state index in [1.165, 1.54) is 0 Å². The highest BCUT2D eigenvalue weighted by Gasteiger charge is 2.29. The monoisotopic (exact) mass is 234 g/mol. The van der Waals surface area contributed by atoms with Gasteiger partial charge in [0.25, 0.3) is 5.92 Å². The lowest BCUT2D eigenvalue weighted by Crippen LogP contribution is -2.47. The van der Waals surface area contributed by atoms with Crippen molar-refractivity contribution in [3.63, 3.8) is 0 Å². The number of rotatable bonds is 4. The predicted octanol–water partition coefficient (Wildman–Crippen LogP) is 2.45. The lowest BCUT2D eigenvalue weighted by Gasteiger charge is -2.39. The number of piperidine rings is 1. The molecule has 4 heteroatoms. The van der Waals surface area contributed by atoms with Crippen LogP contribution in [-0.4, -0.2) is 54.5 Å².